The largest absolute Gasteiger partial charge is 0.475 e. The second-order valence-corrected chi connectivity index (χ2v) is 1360. The van der Waals surface area contributed by atoms with Crippen LogP contribution >= 0.6 is 835 Å². The number of benzene rings is 2. The number of nitrogens with zero attached hydrogens (tertiary/aromatic N) is 2. The minimum absolute atomic E-state index is 0.00981. The summed E-state index contributed by atoms with van der Waals surface area (Å²) >= 11 is 105. The zero-order valence-corrected chi connectivity index (χ0v) is 175. The summed E-state index contributed by atoms with van der Waals surface area (Å²) in [5.74, 6) is -3.10. The molecule has 0 aromatic heterocycles. The molecule has 3 N–H and O–H groups in total. The number of carboxylic acid groups (broad SMARTS) is 1. The zero-order chi connectivity index (χ0) is 73.3. The standard InChI is InChI=1S/C10H9IN2O4S.C8H5IN2O4S.I53.I7/c1-2-17-10(14)9-12-7-4-3-6(11)5-8(7)18(15,16)13-9;9-4-1-2-5-6(3-4)16(14,15)11-7(10-5)8(12)13;1-28-30(4)32(6)34(8)36(10)38(12)40(14)42(16)44(18)46(20)48(22)50(24)52(26)53(27)51(25)49(23)47(21)45(19)43(17)41(15)39(13)37(11)35(9)33(7)31(5)29(2)3;1-5-7(4)6(2)3/h3-5H,2H2,1H3,(H,12,13);1-3H,(H,10,11)(H,12,13);;/q;;2*-1. The van der Waals surface area contributed by atoms with Gasteiger partial charge in [-0.2, -0.15) is 16.8 Å². The van der Waals surface area contributed by atoms with Crippen molar-refractivity contribution in [1.29, 1.82) is 0 Å². The van der Waals surface area contributed by atoms with Crippen LogP contribution in [0.5, 0.6) is 0 Å². The van der Waals surface area contributed by atoms with Crippen LogP contribution in [0.3, 0.4) is 0 Å². The van der Waals surface area contributed by atoms with Gasteiger partial charge in [0.2, 0.25) is 11.7 Å². The summed E-state index contributed by atoms with van der Waals surface area (Å²) in [7, 11) is -21.6. The Balaban J connectivity index is 0.000000848. The smallest absolute Gasteiger partial charge is 0.372 e. The molecule has 0 fully saturated rings. The van der Waals surface area contributed by atoms with Crippen LogP contribution in [0, 0.1) is 7.14 Å². The number of sulfonamides is 2. The zero-order valence-electron chi connectivity index (χ0n) is 39.6. The normalized spacial score (nSPS) is 17.7. The van der Waals surface area contributed by atoms with Gasteiger partial charge >= 0.3 is 829 Å². The molecule has 0 radical (unpaired) electrons. The molecule has 2 aliphatic rings. The van der Waals surface area contributed by atoms with Crippen molar-refractivity contribution in [3.8, 4) is 0 Å². The number of fused-ring (bicyclic) bond motifs is 2. The van der Waals surface area contributed by atoms with E-state index in [-0.39, 0.29) is 43.7 Å². The van der Waals surface area contributed by atoms with Gasteiger partial charge in [0.15, 0.2) is 0 Å². The van der Waals surface area contributed by atoms with Gasteiger partial charge in [-0.3, -0.25) is 0 Å². The number of aliphatic carboxylic acids is 1. The fourth-order valence-electron chi connectivity index (χ4n) is 3.39. The van der Waals surface area contributed by atoms with E-state index in [0.717, 1.165) is 7.14 Å². The van der Waals surface area contributed by atoms with E-state index in [0.29, 0.717) is 32.2 Å². The van der Waals surface area contributed by atoms with Crippen molar-refractivity contribution in [2.24, 2.45) is 8.80 Å². The minimum atomic E-state index is -3.92. The van der Waals surface area contributed by atoms with E-state index in [1.54, 1.807) is 25.1 Å². The number of anilines is 2. The van der Waals surface area contributed by atoms with Gasteiger partial charge in [0, 0.05) is 7.14 Å². The number of rotatable bonds is 30. The van der Waals surface area contributed by atoms with Crippen LogP contribution in [0.2, 0.25) is 0 Å². The predicted octanol–water partition coefficient (Wildman–Crippen LogP) is 47.6. The van der Waals surface area contributed by atoms with Gasteiger partial charge in [0.05, 0.1) is 18.0 Å². The Kier molecular flexibility index (Phi) is 107. The van der Waals surface area contributed by atoms with E-state index in [1.165, 1.54) is 18.2 Å². The number of hydrogen-bond acceptors (Lipinski definition) is 9. The number of carbonyl (C=O) groups excluding carboxylic acids is 1. The molecule has 0 saturated carbocycles. The average Bonchev–Trinajstić information content (AvgIpc) is 0.793. The van der Waals surface area contributed by atoms with Crippen molar-refractivity contribution < 1.29 is 62.8 Å². The van der Waals surface area contributed by atoms with Gasteiger partial charge in [-0.15, -0.1) is 8.80 Å². The fourth-order valence-corrected chi connectivity index (χ4v) is 10100. The van der Waals surface area contributed by atoms with Crippen molar-refractivity contribution >= 4 is 890 Å². The molecule has 2 aromatic rings. The number of esters is 1. The van der Waals surface area contributed by atoms with Crippen molar-refractivity contribution in [2.75, 3.05) is 17.2 Å². The summed E-state index contributed by atoms with van der Waals surface area (Å²) in [4.78, 5) is 22.2. The van der Waals surface area contributed by atoms with Crippen LogP contribution in [0.4, 0.5) is 11.4 Å². The molecule has 94 heavy (non-hydrogen) atoms. The first kappa shape index (κ1) is 133. The van der Waals surface area contributed by atoms with Crippen LogP contribution in [-0.4, -0.2) is 52.2 Å². The molecular weight excluding hydrogens is 8330 g/mol. The first-order valence-corrected chi connectivity index (χ1v) is 387. The van der Waals surface area contributed by atoms with Crippen LogP contribution in [0.15, 0.2) is 55.0 Å². The first-order valence-electron chi connectivity index (χ1n) is 17.4. The second kappa shape index (κ2) is 75.2. The maximum absolute atomic E-state index is 11.9. The Morgan fingerprint density at radius 2 is 0.649 bits per heavy atom. The minimum Gasteiger partial charge on any atom is -0.475 e. The molecule has 76 heteroatoms. The third-order valence-corrected chi connectivity index (χ3v) is 4310. The third-order valence-electron chi connectivity index (χ3n) is 6.17. The molecular formula is C18H14I62N4O8S2-2. The summed E-state index contributed by atoms with van der Waals surface area (Å²) in [6.45, 7) is 1.78. The average molecular weight is 8350 g/mol. The molecule has 0 atom stereocenters. The molecule has 2 aliphatic heterocycles. The SMILES string of the molecule is CCOC(=O)C1=NS(=O)(=O)c2cc(I)ccc2N1.I[I-]I(I)I(I)I.I[I-]I(I)I(I)I(I)I(I)I(I)I(I)I(I)I(I)I(I)I(I)I(I)I(I)I(I)I(I)I(I)I(I)I(I)I(I)I(I)I(I)I(I)I(I)I(I)I(I)I(I)I.O=C(O)C1=NS(=O)(=O)c2cc(I)ccc2N1. The molecule has 2 aromatic carbocycles. The Morgan fingerprint density at radius 3 is 0.872 bits per heavy atom. The van der Waals surface area contributed by atoms with Gasteiger partial charge in [0.25, 0.3) is 20.0 Å². The van der Waals surface area contributed by atoms with Crippen LogP contribution in [0.25, 0.3) is 0 Å². The van der Waals surface area contributed by atoms with E-state index in [9.17, 15) is 26.4 Å². The van der Waals surface area contributed by atoms with Gasteiger partial charge in [-0.05, 0) is 88.5 Å². The Bertz CT molecular complexity index is 2980. The van der Waals surface area contributed by atoms with E-state index < -0.39 is 235 Å². The van der Waals surface area contributed by atoms with Crippen molar-refractivity contribution in [2.45, 2.75) is 16.7 Å². The Morgan fingerprint density at radius 1 is 0.404 bits per heavy atom. The van der Waals surface area contributed by atoms with Crippen LogP contribution in [-0.2, 0) is 34.4 Å². The maximum atomic E-state index is 11.9. The summed E-state index contributed by atoms with van der Waals surface area (Å²) in [5.41, 5.74) is 0.557. The number of halogens is 62. The maximum Gasteiger partial charge on any atom is 0.372 e. The molecule has 0 unspecified atom stereocenters. The van der Waals surface area contributed by atoms with Gasteiger partial charge in [-0.1, -0.05) is 0 Å². The van der Waals surface area contributed by atoms with Crippen molar-refractivity contribution in [3.05, 3.63) is 43.5 Å². The van der Waals surface area contributed by atoms with Crippen molar-refractivity contribution in [1.82, 2.24) is 0 Å². The number of hydrogen-bond donors (Lipinski definition) is 3. The molecule has 2 heterocycles. The predicted molar refractivity (Wildman–Crippen MR) is 952 cm³/mol. The summed E-state index contributed by atoms with van der Waals surface area (Å²) < 4.78 is 59.9. The molecule has 0 amide bonds. The van der Waals surface area contributed by atoms with E-state index in [2.05, 4.69) is 597 Å². The molecule has 0 spiro atoms. The molecule has 0 bridgehead atoms. The summed E-state index contributed by atoms with van der Waals surface area (Å²) in [5, 5.41) is 13.8. The second-order valence-electron chi connectivity index (χ2n) is 10.9. The molecule has 4 rings (SSSR count). The first-order chi connectivity index (χ1) is 43.1. The number of nitrogens with one attached hydrogen (secondary N) is 2. The van der Waals surface area contributed by atoms with Crippen LogP contribution < -0.4 is 37.1 Å². The summed E-state index contributed by atoms with van der Waals surface area (Å²) in [6, 6.07) is 9.42. The number of amidine groups is 2. The van der Waals surface area contributed by atoms with E-state index in [1.807, 2.05) is 45.2 Å². The Hall–Kier alpha value is 41.5. The van der Waals surface area contributed by atoms with Gasteiger partial charge in [-0.25, -0.2) is 9.59 Å². The topological polar surface area (TPSA) is 181 Å². The van der Waals surface area contributed by atoms with Gasteiger partial charge < -0.3 is 20.5 Å². The Labute approximate surface area is 988 Å². The van der Waals surface area contributed by atoms with E-state index in [4.69, 9.17) is 9.84 Å². The molecule has 602 valence electrons. The number of ether oxygens (including phenoxy) is 1. The number of carboxylic acids is 1. The quantitative estimate of drug-likeness (QED) is 0.0503. The van der Waals surface area contributed by atoms with Crippen LogP contribution in [0.1, 0.15) is 6.92 Å². The monoisotopic (exact) mass is 8350 g/mol. The third kappa shape index (κ3) is 51.9. The van der Waals surface area contributed by atoms with Gasteiger partial charge in [0.1, 0.15) is 9.79 Å². The molecule has 0 saturated heterocycles. The molecule has 0 aliphatic carbocycles. The van der Waals surface area contributed by atoms with Crippen molar-refractivity contribution in [3.63, 3.8) is 0 Å². The number of carbonyl (C=O) groups is 2. The van der Waals surface area contributed by atoms with E-state index >= 15 is 0 Å². The molecule has 12 nitrogen and oxygen atoms in total. The fraction of sp³-hybridized carbons (Fsp3) is 0.111. The summed E-state index contributed by atoms with van der Waals surface area (Å²) in [6.07, 6.45) is 0.